The summed E-state index contributed by atoms with van der Waals surface area (Å²) in [6.07, 6.45) is 1.44. The number of nitrogens with zero attached hydrogens (tertiary/aromatic N) is 1. The first kappa shape index (κ1) is 24.8. The summed E-state index contributed by atoms with van der Waals surface area (Å²) in [6, 6.07) is 18.7. The topological polar surface area (TPSA) is 95.5 Å². The molecule has 0 saturated heterocycles. The van der Waals surface area contributed by atoms with E-state index in [4.69, 9.17) is 18.9 Å². The SMILES string of the molecule is CCOc1ccc(C(=O)Oc2ccc(/C=N/NC(=O)COc3ccc(Br)cc3)cc2OC)cc1. The second-order valence-electron chi connectivity index (χ2n) is 6.79. The minimum Gasteiger partial charge on any atom is -0.494 e. The number of hydrogen-bond acceptors (Lipinski definition) is 7. The molecule has 8 nitrogen and oxygen atoms in total. The second kappa shape index (κ2) is 12.4. The van der Waals surface area contributed by atoms with Gasteiger partial charge in [-0.15, -0.1) is 0 Å². The minimum absolute atomic E-state index is 0.178. The Morgan fingerprint density at radius 3 is 2.29 bits per heavy atom. The van der Waals surface area contributed by atoms with Crippen LogP contribution >= 0.6 is 15.9 Å². The highest BCUT2D eigenvalue weighted by atomic mass is 79.9. The number of methoxy groups -OCH3 is 1. The quantitative estimate of drug-likeness (QED) is 0.179. The van der Waals surface area contributed by atoms with E-state index in [-0.39, 0.29) is 12.4 Å². The summed E-state index contributed by atoms with van der Waals surface area (Å²) < 4.78 is 22.5. The van der Waals surface area contributed by atoms with Crippen molar-refractivity contribution in [2.45, 2.75) is 6.92 Å². The Hall–Kier alpha value is -3.85. The van der Waals surface area contributed by atoms with E-state index in [1.54, 1.807) is 54.6 Å². The second-order valence-corrected chi connectivity index (χ2v) is 7.71. The van der Waals surface area contributed by atoms with Gasteiger partial charge in [0.15, 0.2) is 18.1 Å². The zero-order valence-electron chi connectivity index (χ0n) is 18.6. The standard InChI is InChI=1S/C25H23BrN2O6/c1-3-32-20-9-5-18(6-10-20)25(30)34-22-13-4-17(14-23(22)31-2)15-27-28-24(29)16-33-21-11-7-19(26)8-12-21/h4-15H,3,16H2,1-2H3,(H,28,29)/b27-15+. The largest absolute Gasteiger partial charge is 0.494 e. The van der Waals surface area contributed by atoms with Crippen molar-refractivity contribution in [3.63, 3.8) is 0 Å². The van der Waals surface area contributed by atoms with Crippen LogP contribution in [0.4, 0.5) is 0 Å². The number of esters is 1. The normalized spacial score (nSPS) is 10.6. The molecule has 3 aromatic rings. The van der Waals surface area contributed by atoms with Crippen LogP contribution in [0, 0.1) is 0 Å². The van der Waals surface area contributed by atoms with Crippen molar-refractivity contribution in [1.29, 1.82) is 0 Å². The molecule has 176 valence electrons. The lowest BCUT2D eigenvalue weighted by Gasteiger charge is -2.10. The highest BCUT2D eigenvalue weighted by molar-refractivity contribution is 9.10. The average molecular weight is 527 g/mol. The summed E-state index contributed by atoms with van der Waals surface area (Å²) in [5, 5.41) is 3.92. The summed E-state index contributed by atoms with van der Waals surface area (Å²) >= 11 is 3.33. The van der Waals surface area contributed by atoms with Crippen molar-refractivity contribution in [1.82, 2.24) is 5.43 Å². The van der Waals surface area contributed by atoms with Gasteiger partial charge in [-0.05, 0) is 79.2 Å². The van der Waals surface area contributed by atoms with E-state index in [9.17, 15) is 9.59 Å². The number of rotatable bonds is 10. The Kier molecular flexibility index (Phi) is 9.04. The molecule has 0 aromatic heterocycles. The van der Waals surface area contributed by atoms with Crippen LogP contribution in [0.5, 0.6) is 23.0 Å². The smallest absolute Gasteiger partial charge is 0.343 e. The van der Waals surface area contributed by atoms with Gasteiger partial charge in [0, 0.05) is 4.47 Å². The number of hydrogen-bond donors (Lipinski definition) is 1. The van der Waals surface area contributed by atoms with Crippen LogP contribution < -0.4 is 24.4 Å². The number of nitrogens with one attached hydrogen (secondary N) is 1. The van der Waals surface area contributed by atoms with E-state index in [2.05, 4.69) is 26.5 Å². The molecule has 1 amide bonds. The third kappa shape index (κ3) is 7.35. The van der Waals surface area contributed by atoms with Gasteiger partial charge in [-0.3, -0.25) is 4.79 Å². The number of amides is 1. The predicted octanol–water partition coefficient (Wildman–Crippen LogP) is 4.60. The Morgan fingerprint density at radius 1 is 0.941 bits per heavy atom. The number of hydrazone groups is 1. The van der Waals surface area contributed by atoms with Gasteiger partial charge in [-0.1, -0.05) is 15.9 Å². The van der Waals surface area contributed by atoms with E-state index in [0.29, 0.717) is 35.0 Å². The Bertz CT molecular complexity index is 1150. The summed E-state index contributed by atoms with van der Waals surface area (Å²) in [5.74, 6) is 0.904. The highest BCUT2D eigenvalue weighted by Crippen LogP contribution is 2.28. The molecule has 0 aliphatic carbocycles. The lowest BCUT2D eigenvalue weighted by atomic mass is 10.2. The zero-order chi connectivity index (χ0) is 24.3. The molecule has 3 rings (SSSR count). The fourth-order valence-corrected chi connectivity index (χ4v) is 3.02. The Morgan fingerprint density at radius 2 is 1.62 bits per heavy atom. The molecule has 34 heavy (non-hydrogen) atoms. The molecule has 0 aliphatic heterocycles. The fourth-order valence-electron chi connectivity index (χ4n) is 2.75. The van der Waals surface area contributed by atoms with Crippen molar-refractivity contribution in [2.24, 2.45) is 5.10 Å². The summed E-state index contributed by atoms with van der Waals surface area (Å²) in [5.41, 5.74) is 3.40. The number of carbonyl (C=O) groups excluding carboxylic acids is 2. The number of benzene rings is 3. The Labute approximate surface area is 205 Å². The van der Waals surface area contributed by atoms with Gasteiger partial charge in [0.2, 0.25) is 0 Å². The van der Waals surface area contributed by atoms with Crippen molar-refractivity contribution in [3.05, 3.63) is 82.3 Å². The van der Waals surface area contributed by atoms with Crippen LogP contribution in [0.2, 0.25) is 0 Å². The molecule has 0 fully saturated rings. The maximum Gasteiger partial charge on any atom is 0.343 e. The van der Waals surface area contributed by atoms with Crippen LogP contribution in [0.25, 0.3) is 0 Å². The molecule has 1 N–H and O–H groups in total. The maximum absolute atomic E-state index is 12.5. The van der Waals surface area contributed by atoms with Crippen molar-refractivity contribution in [2.75, 3.05) is 20.3 Å². The van der Waals surface area contributed by atoms with E-state index in [1.165, 1.54) is 13.3 Å². The minimum atomic E-state index is -0.527. The maximum atomic E-state index is 12.5. The monoisotopic (exact) mass is 526 g/mol. The van der Waals surface area contributed by atoms with E-state index in [1.807, 2.05) is 19.1 Å². The summed E-state index contributed by atoms with van der Waals surface area (Å²) in [4.78, 5) is 24.4. The van der Waals surface area contributed by atoms with Crippen molar-refractivity contribution in [3.8, 4) is 23.0 Å². The first-order valence-electron chi connectivity index (χ1n) is 10.3. The van der Waals surface area contributed by atoms with Crippen molar-refractivity contribution < 1.29 is 28.5 Å². The molecule has 3 aromatic carbocycles. The zero-order valence-corrected chi connectivity index (χ0v) is 20.2. The predicted molar refractivity (Wildman–Crippen MR) is 131 cm³/mol. The lowest BCUT2D eigenvalue weighted by Crippen LogP contribution is -2.24. The van der Waals surface area contributed by atoms with Gasteiger partial charge in [-0.2, -0.15) is 5.10 Å². The van der Waals surface area contributed by atoms with Crippen LogP contribution in [0.1, 0.15) is 22.8 Å². The molecule has 0 heterocycles. The van der Waals surface area contributed by atoms with Gasteiger partial charge in [0.25, 0.3) is 5.91 Å². The fraction of sp³-hybridized carbons (Fsp3) is 0.160. The highest BCUT2D eigenvalue weighted by Gasteiger charge is 2.13. The molecular formula is C25H23BrN2O6. The van der Waals surface area contributed by atoms with Crippen LogP contribution in [-0.2, 0) is 4.79 Å². The molecule has 0 aliphatic rings. The van der Waals surface area contributed by atoms with Gasteiger partial charge < -0.3 is 18.9 Å². The van der Waals surface area contributed by atoms with E-state index in [0.717, 1.165) is 4.47 Å². The average Bonchev–Trinajstić information content (AvgIpc) is 2.85. The molecule has 0 spiro atoms. The third-order valence-electron chi connectivity index (χ3n) is 4.38. The number of halogens is 1. The van der Waals surface area contributed by atoms with Crippen LogP contribution in [0.3, 0.4) is 0 Å². The third-order valence-corrected chi connectivity index (χ3v) is 4.91. The van der Waals surface area contributed by atoms with Gasteiger partial charge in [-0.25, -0.2) is 10.2 Å². The van der Waals surface area contributed by atoms with E-state index < -0.39 is 11.9 Å². The first-order chi connectivity index (χ1) is 16.5. The molecule has 9 heteroatoms. The lowest BCUT2D eigenvalue weighted by molar-refractivity contribution is -0.123. The van der Waals surface area contributed by atoms with Gasteiger partial charge >= 0.3 is 5.97 Å². The first-order valence-corrected chi connectivity index (χ1v) is 11.1. The molecule has 0 atom stereocenters. The number of ether oxygens (including phenoxy) is 4. The molecule has 0 saturated carbocycles. The summed E-state index contributed by atoms with van der Waals surface area (Å²) in [7, 11) is 1.46. The molecule has 0 radical (unpaired) electrons. The van der Waals surface area contributed by atoms with Gasteiger partial charge in [0.05, 0.1) is 25.5 Å². The van der Waals surface area contributed by atoms with Crippen molar-refractivity contribution >= 4 is 34.0 Å². The van der Waals surface area contributed by atoms with Crippen LogP contribution in [0.15, 0.2) is 76.3 Å². The molecule has 0 bridgehead atoms. The Balaban J connectivity index is 1.55. The van der Waals surface area contributed by atoms with Crippen LogP contribution in [-0.4, -0.2) is 38.4 Å². The summed E-state index contributed by atoms with van der Waals surface area (Å²) in [6.45, 7) is 2.25. The van der Waals surface area contributed by atoms with Gasteiger partial charge in [0.1, 0.15) is 11.5 Å². The molecule has 0 unspecified atom stereocenters. The molecular weight excluding hydrogens is 504 g/mol. The number of carbonyl (C=O) groups is 2. The van der Waals surface area contributed by atoms with E-state index >= 15 is 0 Å².